The number of hydrogen-bond acceptors (Lipinski definition) is 1. The van der Waals surface area contributed by atoms with Crippen LogP contribution in [0.25, 0.3) is 0 Å². The highest BCUT2D eigenvalue weighted by Gasteiger charge is 2.33. The molecule has 0 spiro atoms. The molecule has 2 aliphatic carbocycles. The number of allylic oxidation sites excluding steroid dienone is 2. The summed E-state index contributed by atoms with van der Waals surface area (Å²) in [7, 11) is 0. The van der Waals surface area contributed by atoms with Gasteiger partial charge in [0.15, 0.2) is 11.8 Å². The van der Waals surface area contributed by atoms with Crippen LogP contribution in [-0.4, -0.2) is 33.9 Å². The topological polar surface area (TPSA) is 6.25 Å². The summed E-state index contributed by atoms with van der Waals surface area (Å²) in [6, 6.07) is 1.61. The van der Waals surface area contributed by atoms with Gasteiger partial charge in [-0.25, -0.2) is 4.58 Å². The molecule has 0 atom stereocenters. The first-order chi connectivity index (χ1) is 9.75. The molecule has 0 amide bonds. The molecule has 0 N–H and O–H groups in total. The molecule has 112 valence electrons. The van der Waals surface area contributed by atoms with Crippen LogP contribution in [0.4, 0.5) is 0 Å². The van der Waals surface area contributed by atoms with Crippen molar-refractivity contribution in [2.45, 2.75) is 90.1 Å². The summed E-state index contributed by atoms with van der Waals surface area (Å²) in [4.78, 5) is 2.71. The van der Waals surface area contributed by atoms with Gasteiger partial charge in [-0.05, 0) is 32.6 Å². The Bertz CT molecular complexity index is 396. The molecule has 2 saturated carbocycles. The van der Waals surface area contributed by atoms with Gasteiger partial charge in [0.1, 0.15) is 0 Å². The number of rotatable bonds is 2. The summed E-state index contributed by atoms with van der Waals surface area (Å²) in [6.45, 7) is 5.79. The van der Waals surface area contributed by atoms with E-state index >= 15 is 0 Å². The first kappa shape index (κ1) is 14.2. The lowest BCUT2D eigenvalue weighted by atomic mass is 9.92. The highest BCUT2D eigenvalue weighted by Crippen LogP contribution is 2.28. The third-order valence-corrected chi connectivity index (χ3v) is 5.66. The van der Waals surface area contributed by atoms with Gasteiger partial charge >= 0.3 is 0 Å². The predicted octanol–water partition coefficient (Wildman–Crippen LogP) is 4.30. The molecular formula is C18H31N2+. The van der Waals surface area contributed by atoms with E-state index in [4.69, 9.17) is 0 Å². The molecule has 2 fully saturated rings. The molecule has 0 radical (unpaired) electrons. The van der Waals surface area contributed by atoms with Crippen LogP contribution in [0.5, 0.6) is 0 Å². The van der Waals surface area contributed by atoms with Gasteiger partial charge < -0.3 is 4.90 Å². The average molecular weight is 275 g/mol. The maximum absolute atomic E-state index is 2.71. The minimum atomic E-state index is 0.805. The van der Waals surface area contributed by atoms with Crippen LogP contribution in [0.1, 0.15) is 78.1 Å². The summed E-state index contributed by atoms with van der Waals surface area (Å²) >= 11 is 0. The third-order valence-electron chi connectivity index (χ3n) is 5.66. The van der Waals surface area contributed by atoms with Gasteiger partial charge in [-0.2, -0.15) is 0 Å². The molecule has 1 aliphatic heterocycles. The monoisotopic (exact) mass is 275 g/mol. The zero-order chi connectivity index (χ0) is 13.9. The predicted molar refractivity (Wildman–Crippen MR) is 85.2 cm³/mol. The lowest BCUT2D eigenvalue weighted by molar-refractivity contribution is -0.589. The Kier molecular flexibility index (Phi) is 4.48. The van der Waals surface area contributed by atoms with Crippen molar-refractivity contribution >= 4 is 5.71 Å². The average Bonchev–Trinajstić information content (AvgIpc) is 2.49. The maximum atomic E-state index is 2.71. The van der Waals surface area contributed by atoms with Crippen molar-refractivity contribution in [3.8, 4) is 0 Å². The smallest absolute Gasteiger partial charge is 0.219 e. The van der Waals surface area contributed by atoms with E-state index in [1.165, 1.54) is 75.6 Å². The summed E-state index contributed by atoms with van der Waals surface area (Å²) in [5, 5.41) is 0. The number of nitrogens with zero attached hydrogens (tertiary/aromatic N) is 2. The van der Waals surface area contributed by atoms with Crippen molar-refractivity contribution in [2.75, 3.05) is 6.67 Å². The van der Waals surface area contributed by atoms with E-state index < -0.39 is 0 Å². The van der Waals surface area contributed by atoms with Crippen LogP contribution < -0.4 is 0 Å². The molecule has 3 aliphatic rings. The normalized spacial score (nSPS) is 26.9. The summed E-state index contributed by atoms with van der Waals surface area (Å²) < 4.78 is 2.71. The minimum absolute atomic E-state index is 0.805. The fourth-order valence-electron chi connectivity index (χ4n) is 4.45. The molecule has 0 aromatic heterocycles. The quantitative estimate of drug-likeness (QED) is 0.681. The zero-order valence-electron chi connectivity index (χ0n) is 13.4. The molecule has 0 bridgehead atoms. The van der Waals surface area contributed by atoms with E-state index in [1.54, 1.807) is 0 Å². The van der Waals surface area contributed by atoms with Crippen molar-refractivity contribution < 1.29 is 4.58 Å². The van der Waals surface area contributed by atoms with Crippen LogP contribution in [0.3, 0.4) is 0 Å². The van der Waals surface area contributed by atoms with E-state index in [2.05, 4.69) is 29.4 Å². The van der Waals surface area contributed by atoms with Crippen molar-refractivity contribution in [3.05, 3.63) is 11.8 Å². The molecule has 2 heteroatoms. The number of hydrogen-bond donors (Lipinski definition) is 0. The summed E-state index contributed by atoms with van der Waals surface area (Å²) in [5.41, 5.74) is 3.00. The lowest BCUT2D eigenvalue weighted by Gasteiger charge is -2.38. The van der Waals surface area contributed by atoms with Crippen molar-refractivity contribution in [1.82, 2.24) is 4.90 Å². The highest BCUT2D eigenvalue weighted by molar-refractivity contribution is 5.89. The van der Waals surface area contributed by atoms with E-state index in [0.717, 1.165) is 18.8 Å². The Balaban J connectivity index is 1.74. The van der Waals surface area contributed by atoms with Gasteiger partial charge in [-0.15, -0.1) is 0 Å². The molecule has 2 nitrogen and oxygen atoms in total. The van der Waals surface area contributed by atoms with Crippen LogP contribution in [-0.2, 0) is 0 Å². The third kappa shape index (κ3) is 2.94. The molecule has 0 saturated heterocycles. The second-order valence-electron chi connectivity index (χ2n) is 7.09. The molecular weight excluding hydrogens is 244 g/mol. The molecule has 0 aromatic rings. The SMILES string of the molecule is CC1=CC(C)=[N+](C2CCCCC2)CN1C1CCCCC1. The Morgan fingerprint density at radius 2 is 1.50 bits per heavy atom. The molecule has 0 unspecified atom stereocenters. The summed E-state index contributed by atoms with van der Waals surface area (Å²) in [5.74, 6) is 0. The standard InChI is InChI=1S/C18H31N2/c1-15-13-16(2)20(18-11-7-4-8-12-18)14-19(15)17-9-5-3-6-10-17/h13,17-18H,3-12,14H2,1-2H3/q+1. The first-order valence-corrected chi connectivity index (χ1v) is 8.81. The second-order valence-corrected chi connectivity index (χ2v) is 7.09. The maximum Gasteiger partial charge on any atom is 0.219 e. The summed E-state index contributed by atoms with van der Waals surface area (Å²) in [6.07, 6.45) is 16.7. The minimum Gasteiger partial charge on any atom is -0.318 e. The lowest BCUT2D eigenvalue weighted by Crippen LogP contribution is -2.47. The van der Waals surface area contributed by atoms with Crippen LogP contribution in [0.2, 0.25) is 0 Å². The van der Waals surface area contributed by atoms with Gasteiger partial charge in [0.25, 0.3) is 0 Å². The van der Waals surface area contributed by atoms with E-state index in [-0.39, 0.29) is 0 Å². The van der Waals surface area contributed by atoms with Crippen molar-refractivity contribution in [3.63, 3.8) is 0 Å². The Morgan fingerprint density at radius 3 is 2.15 bits per heavy atom. The molecule has 20 heavy (non-hydrogen) atoms. The highest BCUT2D eigenvalue weighted by atomic mass is 15.3. The Labute approximate surface area is 124 Å². The van der Waals surface area contributed by atoms with Crippen LogP contribution in [0, 0.1) is 0 Å². The molecule has 0 aromatic carbocycles. The van der Waals surface area contributed by atoms with E-state index in [0.29, 0.717) is 0 Å². The van der Waals surface area contributed by atoms with Crippen molar-refractivity contribution in [2.24, 2.45) is 0 Å². The Morgan fingerprint density at radius 1 is 0.900 bits per heavy atom. The van der Waals surface area contributed by atoms with E-state index in [9.17, 15) is 0 Å². The second kappa shape index (κ2) is 6.32. The van der Waals surface area contributed by atoms with Gasteiger partial charge in [0, 0.05) is 37.6 Å². The largest absolute Gasteiger partial charge is 0.318 e. The van der Waals surface area contributed by atoms with Gasteiger partial charge in [0.2, 0.25) is 6.67 Å². The van der Waals surface area contributed by atoms with Crippen molar-refractivity contribution in [1.29, 1.82) is 0 Å². The fourth-order valence-corrected chi connectivity index (χ4v) is 4.45. The first-order valence-electron chi connectivity index (χ1n) is 8.81. The zero-order valence-corrected chi connectivity index (χ0v) is 13.4. The van der Waals surface area contributed by atoms with Gasteiger partial charge in [-0.3, -0.25) is 0 Å². The fraction of sp³-hybridized carbons (Fsp3) is 0.833. The van der Waals surface area contributed by atoms with Crippen LogP contribution >= 0.6 is 0 Å². The Hall–Kier alpha value is -0.790. The molecule has 1 heterocycles. The van der Waals surface area contributed by atoms with Crippen LogP contribution in [0.15, 0.2) is 11.8 Å². The molecule has 3 rings (SSSR count). The van der Waals surface area contributed by atoms with Gasteiger partial charge in [0.05, 0.1) is 0 Å². The van der Waals surface area contributed by atoms with E-state index in [1.807, 2.05) is 0 Å². The van der Waals surface area contributed by atoms with Gasteiger partial charge in [-0.1, -0.05) is 25.7 Å².